The van der Waals surface area contributed by atoms with Crippen LogP contribution in [0.2, 0.25) is 0 Å². The zero-order valence-electron chi connectivity index (χ0n) is 21.4. The summed E-state index contributed by atoms with van der Waals surface area (Å²) in [6, 6.07) is 18.7. The highest BCUT2D eigenvalue weighted by molar-refractivity contribution is 5.91. The van der Waals surface area contributed by atoms with Crippen LogP contribution in [0.5, 0.6) is 0 Å². The van der Waals surface area contributed by atoms with Gasteiger partial charge in [0.25, 0.3) is 0 Å². The Bertz CT molecular complexity index is 1350. The number of benzene rings is 2. The summed E-state index contributed by atoms with van der Waals surface area (Å²) in [5, 5.41) is 0. The molecule has 1 aliphatic heterocycles. The Morgan fingerprint density at radius 3 is 2.39 bits per heavy atom. The van der Waals surface area contributed by atoms with E-state index in [2.05, 4.69) is 83.0 Å². The van der Waals surface area contributed by atoms with Crippen LogP contribution in [0.1, 0.15) is 42.4 Å². The van der Waals surface area contributed by atoms with E-state index in [1.54, 1.807) is 12.3 Å². The average molecular weight is 484 g/mol. The van der Waals surface area contributed by atoms with Crippen molar-refractivity contribution >= 4 is 22.7 Å². The van der Waals surface area contributed by atoms with E-state index in [0.717, 1.165) is 60.8 Å². The zero-order valence-corrected chi connectivity index (χ0v) is 21.4. The van der Waals surface area contributed by atoms with Gasteiger partial charge >= 0.3 is 5.97 Å². The minimum absolute atomic E-state index is 0.129. The number of hydrogen-bond acceptors (Lipinski definition) is 6. The smallest absolute Gasteiger partial charge is 0.339 e. The second-order valence-corrected chi connectivity index (χ2v) is 10.4. The molecule has 7 heteroatoms. The first-order chi connectivity index (χ1) is 17.3. The van der Waals surface area contributed by atoms with Crippen molar-refractivity contribution in [2.75, 3.05) is 38.2 Å². The van der Waals surface area contributed by atoms with E-state index in [9.17, 15) is 4.79 Å². The number of para-hydroxylation sites is 1. The molecule has 36 heavy (non-hydrogen) atoms. The number of nitrogens with zero attached hydrogens (tertiary/aromatic N) is 4. The van der Waals surface area contributed by atoms with Crippen molar-refractivity contribution in [2.24, 2.45) is 0 Å². The highest BCUT2D eigenvalue weighted by Crippen LogP contribution is 2.30. The van der Waals surface area contributed by atoms with E-state index in [1.807, 2.05) is 6.07 Å². The Morgan fingerprint density at radius 2 is 1.75 bits per heavy atom. The molecule has 1 saturated heterocycles. The minimum atomic E-state index is -0.361. The van der Waals surface area contributed by atoms with Gasteiger partial charge in [0, 0.05) is 44.5 Å². The summed E-state index contributed by atoms with van der Waals surface area (Å²) in [5.74, 6) is 0.540. The number of imidazole rings is 1. The van der Waals surface area contributed by atoms with Crippen LogP contribution in [0.15, 0.2) is 60.8 Å². The molecule has 0 saturated carbocycles. The molecule has 0 spiro atoms. The quantitative estimate of drug-likeness (QED) is 0.401. The number of hydrogen-bond donors (Lipinski definition) is 1. The number of esters is 1. The topological polar surface area (TPSA) is 74.3 Å². The lowest BCUT2D eigenvalue weighted by Gasteiger charge is -2.36. The Hall–Kier alpha value is -3.71. The number of pyridine rings is 1. The first kappa shape index (κ1) is 24.0. The van der Waals surface area contributed by atoms with Crippen LogP contribution in [-0.4, -0.2) is 59.1 Å². The molecule has 1 N–H and O–H groups in total. The Morgan fingerprint density at radius 1 is 1.00 bits per heavy atom. The predicted molar refractivity (Wildman–Crippen MR) is 143 cm³/mol. The first-order valence-corrected chi connectivity index (χ1v) is 12.4. The minimum Gasteiger partial charge on any atom is -0.465 e. The van der Waals surface area contributed by atoms with E-state index < -0.39 is 0 Å². The molecule has 0 aliphatic carbocycles. The van der Waals surface area contributed by atoms with Crippen LogP contribution in [0, 0.1) is 0 Å². The van der Waals surface area contributed by atoms with Crippen molar-refractivity contribution in [1.29, 1.82) is 0 Å². The first-order valence-electron chi connectivity index (χ1n) is 12.4. The summed E-state index contributed by atoms with van der Waals surface area (Å²) in [4.78, 5) is 29.4. The van der Waals surface area contributed by atoms with Gasteiger partial charge in [0.05, 0.1) is 29.6 Å². The van der Waals surface area contributed by atoms with Crippen molar-refractivity contribution in [2.45, 2.75) is 32.7 Å². The van der Waals surface area contributed by atoms with E-state index in [4.69, 9.17) is 9.72 Å². The van der Waals surface area contributed by atoms with Gasteiger partial charge in [0.1, 0.15) is 11.3 Å². The van der Waals surface area contributed by atoms with E-state index in [1.165, 1.54) is 18.4 Å². The number of carbonyl (C=O) groups is 1. The van der Waals surface area contributed by atoms with Gasteiger partial charge in [-0.3, -0.25) is 9.88 Å². The monoisotopic (exact) mass is 483 g/mol. The predicted octanol–water partition coefficient (Wildman–Crippen LogP) is 5.03. The highest BCUT2D eigenvalue weighted by Gasteiger charge is 2.21. The normalized spacial score (nSPS) is 14.8. The van der Waals surface area contributed by atoms with Crippen LogP contribution < -0.4 is 4.90 Å². The molecule has 2 aromatic carbocycles. The third kappa shape index (κ3) is 4.97. The number of ether oxygens (including phenoxy) is 1. The van der Waals surface area contributed by atoms with Crippen molar-refractivity contribution in [3.05, 3.63) is 77.6 Å². The van der Waals surface area contributed by atoms with Gasteiger partial charge in [-0.15, -0.1) is 0 Å². The van der Waals surface area contributed by atoms with Crippen LogP contribution in [0.25, 0.3) is 22.4 Å². The molecular weight excluding hydrogens is 450 g/mol. The summed E-state index contributed by atoms with van der Waals surface area (Å²) < 4.78 is 4.75. The molecule has 186 valence electrons. The van der Waals surface area contributed by atoms with Crippen molar-refractivity contribution in [1.82, 2.24) is 19.9 Å². The summed E-state index contributed by atoms with van der Waals surface area (Å²) in [6.07, 6.45) is 1.59. The van der Waals surface area contributed by atoms with Crippen molar-refractivity contribution < 1.29 is 9.53 Å². The SMILES string of the molecule is COC(=O)c1ccc(CN2CCN(c3cccc4[nH]c(-c5ccc(C(C)(C)C)cc5)nc34)CC2)nc1. The van der Waals surface area contributed by atoms with Gasteiger partial charge in [-0.1, -0.05) is 51.1 Å². The van der Waals surface area contributed by atoms with Gasteiger partial charge in [-0.05, 0) is 35.2 Å². The van der Waals surface area contributed by atoms with Crippen LogP contribution in [-0.2, 0) is 16.7 Å². The average Bonchev–Trinajstić information content (AvgIpc) is 3.33. The van der Waals surface area contributed by atoms with E-state index in [0.29, 0.717) is 5.56 Å². The van der Waals surface area contributed by atoms with Gasteiger partial charge in [-0.2, -0.15) is 0 Å². The number of anilines is 1. The maximum absolute atomic E-state index is 11.6. The second-order valence-electron chi connectivity index (χ2n) is 10.4. The molecule has 0 radical (unpaired) electrons. The standard InChI is InChI=1S/C29H33N5O2/c1-29(2,3)22-11-8-20(9-12-22)27-31-24-6-5-7-25(26(24)32-27)34-16-14-33(15-17-34)19-23-13-10-21(18-30-23)28(35)36-4/h5-13,18H,14-17,19H2,1-4H3,(H,31,32). The molecular formula is C29H33N5O2. The number of methoxy groups -OCH3 is 1. The summed E-state index contributed by atoms with van der Waals surface area (Å²) >= 11 is 0. The number of fused-ring (bicyclic) bond motifs is 1. The molecule has 0 atom stereocenters. The largest absolute Gasteiger partial charge is 0.465 e. The molecule has 2 aromatic heterocycles. The number of carbonyl (C=O) groups excluding carboxylic acids is 1. The van der Waals surface area contributed by atoms with Crippen LogP contribution >= 0.6 is 0 Å². The molecule has 1 aliphatic rings. The maximum atomic E-state index is 11.6. The lowest BCUT2D eigenvalue weighted by atomic mass is 9.87. The third-order valence-electron chi connectivity index (χ3n) is 6.86. The lowest BCUT2D eigenvalue weighted by Crippen LogP contribution is -2.46. The fraction of sp³-hybridized carbons (Fsp3) is 0.345. The van der Waals surface area contributed by atoms with Crippen LogP contribution in [0.3, 0.4) is 0 Å². The second kappa shape index (κ2) is 9.74. The fourth-order valence-electron chi connectivity index (χ4n) is 4.67. The number of H-pyrrole nitrogens is 1. The molecule has 5 rings (SSSR count). The number of piperazine rings is 1. The molecule has 3 heterocycles. The molecule has 0 bridgehead atoms. The van der Waals surface area contributed by atoms with Gasteiger partial charge in [-0.25, -0.2) is 9.78 Å². The number of nitrogens with one attached hydrogen (secondary N) is 1. The molecule has 1 fully saturated rings. The Kier molecular flexibility index (Phi) is 6.49. The number of aromatic nitrogens is 3. The number of rotatable bonds is 5. The van der Waals surface area contributed by atoms with Gasteiger partial charge in [0.15, 0.2) is 0 Å². The van der Waals surface area contributed by atoms with Crippen LogP contribution in [0.4, 0.5) is 5.69 Å². The van der Waals surface area contributed by atoms with Gasteiger partial charge in [0.2, 0.25) is 0 Å². The molecule has 7 nitrogen and oxygen atoms in total. The Labute approximate surface area is 212 Å². The van der Waals surface area contributed by atoms with E-state index >= 15 is 0 Å². The summed E-state index contributed by atoms with van der Waals surface area (Å²) in [6.45, 7) is 11.1. The van der Waals surface area contributed by atoms with Gasteiger partial charge < -0.3 is 14.6 Å². The lowest BCUT2D eigenvalue weighted by molar-refractivity contribution is 0.0600. The maximum Gasteiger partial charge on any atom is 0.339 e. The highest BCUT2D eigenvalue weighted by atomic mass is 16.5. The summed E-state index contributed by atoms with van der Waals surface area (Å²) in [5.41, 5.74) is 7.21. The Balaban J connectivity index is 1.27. The number of aromatic amines is 1. The van der Waals surface area contributed by atoms with Crippen molar-refractivity contribution in [3.63, 3.8) is 0 Å². The molecule has 4 aromatic rings. The van der Waals surface area contributed by atoms with E-state index in [-0.39, 0.29) is 11.4 Å². The molecule has 0 amide bonds. The summed E-state index contributed by atoms with van der Waals surface area (Å²) in [7, 11) is 1.38. The third-order valence-corrected chi connectivity index (χ3v) is 6.86. The zero-order chi connectivity index (χ0) is 25.3. The fourth-order valence-corrected chi connectivity index (χ4v) is 4.67. The van der Waals surface area contributed by atoms with Crippen molar-refractivity contribution in [3.8, 4) is 11.4 Å². The molecule has 0 unspecified atom stereocenters.